The molecule has 0 saturated heterocycles. The molecular formula is C55H109O12P. The fourth-order valence-electron chi connectivity index (χ4n) is 9.42. The first-order valence-electron chi connectivity index (χ1n) is 28.9. The molecule has 6 N–H and O–H groups in total. The molecule has 1 rings (SSSR count). The second-order valence-electron chi connectivity index (χ2n) is 20.5. The van der Waals surface area contributed by atoms with Gasteiger partial charge in [0.2, 0.25) is 0 Å². The van der Waals surface area contributed by atoms with Gasteiger partial charge >= 0.3 is 13.8 Å². The zero-order valence-corrected chi connectivity index (χ0v) is 44.8. The van der Waals surface area contributed by atoms with Crippen molar-refractivity contribution in [2.24, 2.45) is 0 Å². The van der Waals surface area contributed by atoms with Crippen LogP contribution in [0.15, 0.2) is 0 Å². The third kappa shape index (κ3) is 37.1. The Kier molecular flexibility index (Phi) is 44.4. The van der Waals surface area contributed by atoms with Gasteiger partial charge in [-0.2, -0.15) is 0 Å². The van der Waals surface area contributed by atoms with Crippen molar-refractivity contribution >= 4 is 13.8 Å². The lowest BCUT2D eigenvalue weighted by Crippen LogP contribution is -2.64. The van der Waals surface area contributed by atoms with Crippen molar-refractivity contribution in [2.45, 2.75) is 326 Å². The summed E-state index contributed by atoms with van der Waals surface area (Å²) in [6, 6.07) is 0. The molecule has 0 bridgehead atoms. The number of ether oxygens (including phenoxy) is 2. The number of unbranched alkanes of at least 4 members (excludes halogenated alkanes) is 39. The van der Waals surface area contributed by atoms with Crippen molar-refractivity contribution in [3.8, 4) is 0 Å². The lowest BCUT2D eigenvalue weighted by atomic mass is 9.85. The second kappa shape index (κ2) is 46.1. The van der Waals surface area contributed by atoms with Crippen LogP contribution in [0.2, 0.25) is 0 Å². The topological polar surface area (TPSA) is 192 Å². The zero-order chi connectivity index (χ0) is 49.8. The van der Waals surface area contributed by atoms with E-state index in [1.807, 2.05) is 0 Å². The predicted octanol–water partition coefficient (Wildman–Crippen LogP) is 13.7. The van der Waals surface area contributed by atoms with Crippen LogP contribution in [0.5, 0.6) is 0 Å². The molecule has 406 valence electrons. The van der Waals surface area contributed by atoms with Crippen molar-refractivity contribution in [2.75, 3.05) is 19.8 Å². The van der Waals surface area contributed by atoms with Crippen LogP contribution in [-0.2, 0) is 27.9 Å². The Morgan fingerprint density at radius 1 is 0.412 bits per heavy atom. The van der Waals surface area contributed by atoms with Crippen LogP contribution in [0.3, 0.4) is 0 Å². The highest BCUT2D eigenvalue weighted by Crippen LogP contribution is 2.47. The molecule has 1 aliphatic rings. The minimum absolute atomic E-state index is 0.0670. The smallest absolute Gasteiger partial charge is 0.457 e. The van der Waals surface area contributed by atoms with E-state index in [1.165, 1.54) is 218 Å². The molecule has 68 heavy (non-hydrogen) atoms. The van der Waals surface area contributed by atoms with Gasteiger partial charge in [0.15, 0.2) is 0 Å². The highest BCUT2D eigenvalue weighted by Gasteiger charge is 2.51. The highest BCUT2D eigenvalue weighted by molar-refractivity contribution is 7.47. The van der Waals surface area contributed by atoms with Gasteiger partial charge < -0.3 is 39.9 Å². The van der Waals surface area contributed by atoms with E-state index in [9.17, 15) is 39.8 Å². The molecule has 0 aromatic carbocycles. The Balaban J connectivity index is 2.26. The van der Waals surface area contributed by atoms with Gasteiger partial charge in [-0.15, -0.1) is 0 Å². The Labute approximate surface area is 416 Å². The molecule has 1 saturated carbocycles. The van der Waals surface area contributed by atoms with Crippen molar-refractivity contribution in [3.05, 3.63) is 0 Å². The SMILES string of the molecule is CCCCCCCCCCCCCCCCCCCCCCCOCC(COP(=O)(O)OC1C(O)C(O)C(O)C(O)C1O)OC(=O)CCCCCCCCCCCCCCCCCCCCCC. The van der Waals surface area contributed by atoms with E-state index in [1.54, 1.807) is 0 Å². The fourth-order valence-corrected chi connectivity index (χ4v) is 10.4. The van der Waals surface area contributed by atoms with E-state index in [2.05, 4.69) is 13.8 Å². The minimum Gasteiger partial charge on any atom is -0.457 e. The van der Waals surface area contributed by atoms with Crippen LogP contribution in [0.4, 0.5) is 0 Å². The third-order valence-electron chi connectivity index (χ3n) is 14.0. The van der Waals surface area contributed by atoms with Crippen molar-refractivity contribution < 1.29 is 58.3 Å². The summed E-state index contributed by atoms with van der Waals surface area (Å²) in [7, 11) is -5.02. The van der Waals surface area contributed by atoms with Crippen molar-refractivity contribution in [1.82, 2.24) is 0 Å². The van der Waals surface area contributed by atoms with Crippen LogP contribution in [0.25, 0.3) is 0 Å². The summed E-state index contributed by atoms with van der Waals surface area (Å²) in [6.07, 6.45) is 40.3. The van der Waals surface area contributed by atoms with E-state index in [-0.39, 0.29) is 13.0 Å². The molecule has 13 heteroatoms. The van der Waals surface area contributed by atoms with Crippen LogP contribution >= 0.6 is 7.82 Å². The van der Waals surface area contributed by atoms with E-state index in [4.69, 9.17) is 18.5 Å². The molecule has 0 heterocycles. The van der Waals surface area contributed by atoms with Gasteiger partial charge in [0.1, 0.15) is 42.7 Å². The van der Waals surface area contributed by atoms with E-state index < -0.39 is 63.1 Å². The molecule has 12 nitrogen and oxygen atoms in total. The lowest BCUT2D eigenvalue weighted by molar-refractivity contribution is -0.220. The molecule has 0 spiro atoms. The monoisotopic (exact) mass is 993 g/mol. The third-order valence-corrected chi connectivity index (χ3v) is 15.0. The Morgan fingerprint density at radius 2 is 0.691 bits per heavy atom. The molecule has 0 aromatic rings. The summed E-state index contributed by atoms with van der Waals surface area (Å²) >= 11 is 0. The average Bonchev–Trinajstić information content (AvgIpc) is 3.32. The second-order valence-corrected chi connectivity index (χ2v) is 21.9. The van der Waals surface area contributed by atoms with Gasteiger partial charge in [-0.05, 0) is 12.8 Å². The van der Waals surface area contributed by atoms with Gasteiger partial charge in [-0.1, -0.05) is 264 Å². The number of hydrogen-bond acceptors (Lipinski definition) is 11. The van der Waals surface area contributed by atoms with Crippen LogP contribution in [0.1, 0.15) is 284 Å². The number of phosphoric acid groups is 1. The Hall–Kier alpha value is -0.660. The van der Waals surface area contributed by atoms with Gasteiger partial charge in [0.25, 0.3) is 0 Å². The highest BCUT2D eigenvalue weighted by atomic mass is 31.2. The molecule has 0 aliphatic heterocycles. The molecule has 0 amide bonds. The number of aliphatic hydroxyl groups excluding tert-OH is 5. The average molecular weight is 993 g/mol. The molecule has 6 unspecified atom stereocenters. The molecule has 1 aliphatic carbocycles. The number of esters is 1. The van der Waals surface area contributed by atoms with Crippen molar-refractivity contribution in [3.63, 3.8) is 0 Å². The quantitative estimate of drug-likeness (QED) is 0.0192. The number of carbonyl (C=O) groups is 1. The van der Waals surface area contributed by atoms with E-state index in [0.29, 0.717) is 13.0 Å². The Bertz CT molecular complexity index is 1130. The number of rotatable bonds is 51. The summed E-state index contributed by atoms with van der Waals surface area (Å²) in [5.74, 6) is -0.467. The van der Waals surface area contributed by atoms with Crippen LogP contribution in [-0.4, -0.2) is 98.9 Å². The normalized spacial score (nSPS) is 21.0. The molecular weight excluding hydrogens is 884 g/mol. The first kappa shape index (κ1) is 65.4. The van der Waals surface area contributed by atoms with Gasteiger partial charge in [0, 0.05) is 13.0 Å². The molecule has 0 radical (unpaired) electrons. The summed E-state index contributed by atoms with van der Waals surface area (Å²) in [5.41, 5.74) is 0. The molecule has 0 aromatic heterocycles. The summed E-state index contributed by atoms with van der Waals surface area (Å²) in [4.78, 5) is 23.3. The standard InChI is InChI=1S/C55H109O12P/c1-3-5-7-9-11-13-15-17-19-21-23-25-27-29-31-33-35-37-39-41-43-45-64-46-48(47-65-68(62,63)67-55-53(60)51(58)50(57)52(59)54(55)61)66-49(56)44-42-40-38-36-34-32-30-28-26-24-22-20-18-16-14-12-10-8-6-4-2/h48,50-55,57-61H,3-47H2,1-2H3,(H,62,63). The molecule has 1 fully saturated rings. The maximum absolute atomic E-state index is 12.9. The van der Waals surface area contributed by atoms with E-state index >= 15 is 0 Å². The van der Waals surface area contributed by atoms with Crippen LogP contribution in [0, 0.1) is 0 Å². The van der Waals surface area contributed by atoms with Gasteiger partial charge in [-0.25, -0.2) is 4.57 Å². The van der Waals surface area contributed by atoms with Crippen molar-refractivity contribution in [1.29, 1.82) is 0 Å². The maximum Gasteiger partial charge on any atom is 0.472 e. The maximum atomic E-state index is 12.9. The van der Waals surface area contributed by atoms with Crippen LogP contribution < -0.4 is 0 Å². The summed E-state index contributed by atoms with van der Waals surface area (Å²) in [5, 5.41) is 50.4. The summed E-state index contributed by atoms with van der Waals surface area (Å²) < 4.78 is 34.4. The first-order valence-corrected chi connectivity index (χ1v) is 30.4. The lowest BCUT2D eigenvalue weighted by Gasteiger charge is -2.41. The van der Waals surface area contributed by atoms with E-state index in [0.717, 1.165) is 38.5 Å². The number of aliphatic hydroxyl groups is 5. The molecule has 6 atom stereocenters. The minimum atomic E-state index is -5.02. The number of phosphoric ester groups is 1. The predicted molar refractivity (Wildman–Crippen MR) is 277 cm³/mol. The van der Waals surface area contributed by atoms with Gasteiger partial charge in [-0.3, -0.25) is 13.8 Å². The van der Waals surface area contributed by atoms with Gasteiger partial charge in [0.05, 0.1) is 13.2 Å². The first-order chi connectivity index (χ1) is 33.0. The Morgan fingerprint density at radius 3 is 1.01 bits per heavy atom. The fraction of sp³-hybridized carbons (Fsp3) is 0.982. The largest absolute Gasteiger partial charge is 0.472 e. The number of hydrogen-bond donors (Lipinski definition) is 6. The summed E-state index contributed by atoms with van der Waals surface area (Å²) in [6.45, 7) is 4.34. The number of carbonyl (C=O) groups excluding carboxylic acids is 1. The zero-order valence-electron chi connectivity index (χ0n) is 43.9.